The van der Waals surface area contributed by atoms with Crippen LogP contribution in [-0.4, -0.2) is 8.42 Å². The summed E-state index contributed by atoms with van der Waals surface area (Å²) in [5.41, 5.74) is 3.33. The van der Waals surface area contributed by atoms with Crippen LogP contribution in [0.5, 0.6) is 0 Å². The van der Waals surface area contributed by atoms with Crippen molar-refractivity contribution in [1.82, 2.24) is 0 Å². The van der Waals surface area contributed by atoms with Crippen molar-refractivity contribution >= 4 is 15.6 Å². The molecule has 5 heteroatoms. The fourth-order valence-electron chi connectivity index (χ4n) is 3.12. The second kappa shape index (κ2) is 6.39. The lowest BCUT2D eigenvalue weighted by Gasteiger charge is -2.14. The summed E-state index contributed by atoms with van der Waals surface area (Å²) in [5.74, 6) is -0.190. The molecule has 1 fully saturated rings. The molecule has 3 rings (SSSR count). The van der Waals surface area contributed by atoms with E-state index >= 15 is 0 Å². The highest BCUT2D eigenvalue weighted by Crippen LogP contribution is 2.57. The molecule has 0 saturated heterocycles. The van der Waals surface area contributed by atoms with Crippen molar-refractivity contribution in [2.24, 2.45) is 16.5 Å². The van der Waals surface area contributed by atoms with E-state index in [0.717, 1.165) is 29.6 Å². The summed E-state index contributed by atoms with van der Waals surface area (Å²) in [6, 6.07) is 6.62. The van der Waals surface area contributed by atoms with Crippen LogP contribution < -0.4 is 5.14 Å². The predicted octanol–water partition coefficient (Wildman–Crippen LogP) is 4.50. The highest BCUT2D eigenvalue weighted by molar-refractivity contribution is 7.89. The van der Waals surface area contributed by atoms with E-state index in [1.165, 1.54) is 24.3 Å². The molecule has 3 nitrogen and oxygen atoms in total. The maximum absolute atomic E-state index is 13.4. The van der Waals surface area contributed by atoms with E-state index in [4.69, 9.17) is 5.14 Å². The third-order valence-corrected chi connectivity index (χ3v) is 5.75. The molecule has 2 aliphatic carbocycles. The molecule has 25 heavy (non-hydrogen) atoms. The molecule has 1 saturated carbocycles. The number of hydrogen-bond acceptors (Lipinski definition) is 2. The normalized spacial score (nSPS) is 20.7. The van der Waals surface area contributed by atoms with Gasteiger partial charge in [-0.2, -0.15) is 0 Å². The summed E-state index contributed by atoms with van der Waals surface area (Å²) < 4.78 is 36.3. The van der Waals surface area contributed by atoms with Gasteiger partial charge in [0.25, 0.3) is 0 Å². The Balaban J connectivity index is 1.92. The van der Waals surface area contributed by atoms with Gasteiger partial charge in [0, 0.05) is 5.41 Å². The van der Waals surface area contributed by atoms with Crippen molar-refractivity contribution in [1.29, 1.82) is 0 Å². The second-order valence-electron chi connectivity index (χ2n) is 6.78. The first-order valence-corrected chi connectivity index (χ1v) is 9.88. The van der Waals surface area contributed by atoms with Crippen LogP contribution in [0.25, 0.3) is 5.57 Å². The molecule has 0 bridgehead atoms. The van der Waals surface area contributed by atoms with Crippen molar-refractivity contribution in [3.8, 4) is 0 Å². The van der Waals surface area contributed by atoms with Gasteiger partial charge in [-0.15, -0.1) is 0 Å². The SMILES string of the molecule is C/C=C(F)\C=C/C(C)C1=CC2(C=C1c1ccc(S(N)(=O)=O)cc1)CC2. The van der Waals surface area contributed by atoms with Crippen LogP contribution in [0.1, 0.15) is 32.3 Å². The van der Waals surface area contributed by atoms with E-state index in [1.807, 2.05) is 13.0 Å². The van der Waals surface area contributed by atoms with Gasteiger partial charge in [0.05, 0.1) is 4.90 Å². The van der Waals surface area contributed by atoms with Crippen LogP contribution in [0.2, 0.25) is 0 Å². The van der Waals surface area contributed by atoms with E-state index < -0.39 is 10.0 Å². The molecule has 2 aliphatic rings. The summed E-state index contributed by atoms with van der Waals surface area (Å²) in [6.45, 7) is 3.70. The van der Waals surface area contributed by atoms with Gasteiger partial charge in [-0.25, -0.2) is 17.9 Å². The molecule has 0 aromatic heterocycles. The smallest absolute Gasteiger partial charge is 0.225 e. The Labute approximate surface area is 148 Å². The molecule has 1 spiro atoms. The lowest BCUT2D eigenvalue weighted by atomic mass is 9.91. The van der Waals surface area contributed by atoms with Crippen molar-refractivity contribution in [2.45, 2.75) is 31.6 Å². The Hall–Kier alpha value is -1.98. The van der Waals surface area contributed by atoms with Crippen molar-refractivity contribution < 1.29 is 12.8 Å². The average molecular weight is 359 g/mol. The highest BCUT2D eigenvalue weighted by Gasteiger charge is 2.43. The predicted molar refractivity (Wildman–Crippen MR) is 98.7 cm³/mol. The van der Waals surface area contributed by atoms with Crippen molar-refractivity contribution in [2.75, 3.05) is 0 Å². The minimum Gasteiger partial charge on any atom is -0.225 e. The minimum absolute atomic E-state index is 0.0647. The standard InChI is InChI=1S/C20H22FNO2S/c1-3-16(21)7-4-14(2)18-12-20(10-11-20)13-19(18)15-5-8-17(9-6-15)25(22,23)24/h3-9,12-14H,10-11H2,1-2H3,(H2,22,23,24)/b7-4-,16-3+. The third kappa shape index (κ3) is 3.83. The van der Waals surface area contributed by atoms with E-state index in [2.05, 4.69) is 12.2 Å². The van der Waals surface area contributed by atoms with Crippen LogP contribution >= 0.6 is 0 Å². The Morgan fingerprint density at radius 3 is 2.40 bits per heavy atom. The van der Waals surface area contributed by atoms with Crippen LogP contribution in [0.4, 0.5) is 4.39 Å². The monoisotopic (exact) mass is 359 g/mol. The lowest BCUT2D eigenvalue weighted by Crippen LogP contribution is -2.11. The van der Waals surface area contributed by atoms with Crippen LogP contribution in [0.3, 0.4) is 0 Å². The molecule has 1 atom stereocenters. The van der Waals surface area contributed by atoms with Gasteiger partial charge in [-0.1, -0.05) is 43.4 Å². The van der Waals surface area contributed by atoms with Crippen molar-refractivity contribution in [3.05, 3.63) is 71.6 Å². The number of sulfonamides is 1. The molecule has 0 aliphatic heterocycles. The fourth-order valence-corrected chi connectivity index (χ4v) is 3.64. The second-order valence-corrected chi connectivity index (χ2v) is 8.34. The fraction of sp³-hybridized carbons (Fsp3) is 0.300. The number of halogens is 1. The van der Waals surface area contributed by atoms with Gasteiger partial charge >= 0.3 is 0 Å². The number of primary sulfonamides is 1. The number of allylic oxidation sites excluding steroid dienone is 8. The summed E-state index contributed by atoms with van der Waals surface area (Å²) in [5, 5.41) is 5.17. The topological polar surface area (TPSA) is 60.2 Å². The number of benzene rings is 1. The molecule has 0 radical (unpaired) electrons. The summed E-state index contributed by atoms with van der Waals surface area (Å²) in [7, 11) is -3.70. The first-order valence-electron chi connectivity index (χ1n) is 8.33. The Morgan fingerprint density at radius 2 is 1.88 bits per heavy atom. The highest BCUT2D eigenvalue weighted by atomic mass is 32.2. The first kappa shape index (κ1) is 17.8. The molecule has 0 amide bonds. The molecule has 132 valence electrons. The largest absolute Gasteiger partial charge is 0.238 e. The minimum atomic E-state index is -3.70. The number of rotatable bonds is 5. The Kier molecular flexibility index (Phi) is 4.56. The van der Waals surface area contributed by atoms with E-state index in [9.17, 15) is 12.8 Å². The average Bonchev–Trinajstić information content (AvgIpc) is 3.22. The summed E-state index contributed by atoms with van der Waals surface area (Å²) in [6.07, 6.45) is 11.5. The Bertz CT molecular complexity index is 902. The lowest BCUT2D eigenvalue weighted by molar-refractivity contribution is 0.598. The molecule has 2 N–H and O–H groups in total. The summed E-state index contributed by atoms with van der Waals surface area (Å²) in [4.78, 5) is 0.101. The van der Waals surface area contributed by atoms with Gasteiger partial charge < -0.3 is 0 Å². The van der Waals surface area contributed by atoms with Crippen molar-refractivity contribution in [3.63, 3.8) is 0 Å². The summed E-state index contributed by atoms with van der Waals surface area (Å²) >= 11 is 0. The van der Waals surface area contributed by atoms with E-state index in [0.29, 0.717) is 0 Å². The zero-order valence-electron chi connectivity index (χ0n) is 14.4. The zero-order chi connectivity index (χ0) is 18.2. The van der Waals surface area contributed by atoms with E-state index in [-0.39, 0.29) is 22.1 Å². The third-order valence-electron chi connectivity index (χ3n) is 4.82. The van der Waals surface area contributed by atoms with Crippen LogP contribution in [0, 0.1) is 11.3 Å². The maximum Gasteiger partial charge on any atom is 0.238 e. The molecule has 1 unspecified atom stereocenters. The van der Waals surface area contributed by atoms with Gasteiger partial charge in [0.1, 0.15) is 5.83 Å². The van der Waals surface area contributed by atoms with Gasteiger partial charge in [-0.3, -0.25) is 0 Å². The van der Waals surface area contributed by atoms with Crippen LogP contribution in [-0.2, 0) is 10.0 Å². The maximum atomic E-state index is 13.4. The molecule has 1 aromatic carbocycles. The molecular formula is C20H22FNO2S. The van der Waals surface area contributed by atoms with Gasteiger partial charge in [0.2, 0.25) is 10.0 Å². The number of nitrogens with two attached hydrogens (primary N) is 1. The molecule has 0 heterocycles. The van der Waals surface area contributed by atoms with Gasteiger partial charge in [-0.05, 0) is 60.6 Å². The Morgan fingerprint density at radius 1 is 1.24 bits per heavy atom. The van der Waals surface area contributed by atoms with E-state index in [1.54, 1.807) is 19.1 Å². The number of hydrogen-bond donors (Lipinski definition) is 1. The zero-order valence-corrected chi connectivity index (χ0v) is 15.2. The van der Waals surface area contributed by atoms with Gasteiger partial charge in [0.15, 0.2) is 0 Å². The molecular weight excluding hydrogens is 337 g/mol. The molecule has 1 aromatic rings. The quantitative estimate of drug-likeness (QED) is 0.787. The first-order chi connectivity index (χ1) is 11.7. The van der Waals surface area contributed by atoms with Crippen LogP contribution in [0.15, 0.2) is 70.9 Å².